The molecule has 0 heterocycles. The molecule has 0 fully saturated rings. The van der Waals surface area contributed by atoms with E-state index in [0.717, 1.165) is 0 Å². The predicted molar refractivity (Wildman–Crippen MR) is 42.3 cm³/mol. The van der Waals surface area contributed by atoms with Crippen molar-refractivity contribution in [3.8, 4) is 0 Å². The van der Waals surface area contributed by atoms with Crippen LogP contribution >= 0.6 is 12.6 Å². The highest BCUT2D eigenvalue weighted by Crippen LogP contribution is 1.89. The second kappa shape index (κ2) is 6.55. The standard InChI is InChI=1S/C3H7NO4S2.H2O/c4-2(1-9)3(5)8-10(6)7;/h2,9H,1,4H2,(H,6,7);1H2. The van der Waals surface area contributed by atoms with Crippen LogP contribution in [0.1, 0.15) is 0 Å². The Morgan fingerprint density at radius 2 is 2.27 bits per heavy atom. The van der Waals surface area contributed by atoms with Gasteiger partial charge in [0, 0.05) is 5.75 Å². The van der Waals surface area contributed by atoms with E-state index >= 15 is 0 Å². The highest BCUT2D eigenvalue weighted by molar-refractivity contribution is 7.80. The van der Waals surface area contributed by atoms with Crippen LogP contribution in [-0.2, 0) is 20.3 Å². The lowest BCUT2D eigenvalue weighted by Crippen LogP contribution is -2.34. The summed E-state index contributed by atoms with van der Waals surface area (Å²) in [6, 6.07) is -0.945. The predicted octanol–water partition coefficient (Wildman–Crippen LogP) is -1.90. The van der Waals surface area contributed by atoms with Crippen LogP contribution in [0, 0.1) is 0 Å². The van der Waals surface area contributed by atoms with Gasteiger partial charge in [0.25, 0.3) is 0 Å². The molecule has 0 aliphatic rings. The minimum absolute atomic E-state index is 0. The molecule has 0 radical (unpaired) electrons. The van der Waals surface area contributed by atoms with Crippen LogP contribution in [0.25, 0.3) is 0 Å². The molecule has 2 unspecified atom stereocenters. The van der Waals surface area contributed by atoms with Crippen LogP contribution in [0.2, 0.25) is 0 Å². The van der Waals surface area contributed by atoms with Crippen LogP contribution in [0.4, 0.5) is 0 Å². The first-order chi connectivity index (χ1) is 4.57. The third-order valence-corrected chi connectivity index (χ3v) is 1.35. The summed E-state index contributed by atoms with van der Waals surface area (Å²) in [5, 5.41) is 0. The Morgan fingerprint density at radius 3 is 2.55 bits per heavy atom. The van der Waals surface area contributed by atoms with Crippen LogP contribution in [0.15, 0.2) is 0 Å². The van der Waals surface area contributed by atoms with E-state index in [9.17, 15) is 9.00 Å². The number of carbonyl (C=O) groups is 1. The van der Waals surface area contributed by atoms with E-state index in [0.29, 0.717) is 0 Å². The fourth-order valence-electron chi connectivity index (χ4n) is 0.207. The van der Waals surface area contributed by atoms with Crippen molar-refractivity contribution in [1.29, 1.82) is 0 Å². The normalized spacial score (nSPS) is 14.5. The maximum absolute atomic E-state index is 10.4. The van der Waals surface area contributed by atoms with E-state index in [4.69, 9.17) is 10.3 Å². The second-order valence-electron chi connectivity index (χ2n) is 1.41. The quantitative estimate of drug-likeness (QED) is 0.365. The number of nitrogens with two attached hydrogens (primary N) is 1. The lowest BCUT2D eigenvalue weighted by atomic mass is 10.4. The van der Waals surface area contributed by atoms with E-state index in [1.807, 2.05) is 0 Å². The third-order valence-electron chi connectivity index (χ3n) is 0.653. The van der Waals surface area contributed by atoms with Crippen LogP contribution in [0.5, 0.6) is 0 Å². The molecule has 0 spiro atoms. The largest absolute Gasteiger partial charge is 0.412 e. The molecule has 5 N–H and O–H groups in total. The van der Waals surface area contributed by atoms with Gasteiger partial charge in [0.2, 0.25) is 0 Å². The lowest BCUT2D eigenvalue weighted by Gasteiger charge is -2.03. The van der Waals surface area contributed by atoms with E-state index in [-0.39, 0.29) is 11.2 Å². The van der Waals surface area contributed by atoms with Crippen LogP contribution < -0.4 is 5.73 Å². The van der Waals surface area contributed by atoms with E-state index in [1.165, 1.54) is 0 Å². The van der Waals surface area contributed by atoms with Crippen molar-refractivity contribution < 1.29 is 23.2 Å². The van der Waals surface area contributed by atoms with Gasteiger partial charge >= 0.3 is 17.3 Å². The molecule has 2 atom stereocenters. The first-order valence-corrected chi connectivity index (χ1v) is 3.93. The van der Waals surface area contributed by atoms with Gasteiger partial charge in [-0.25, -0.2) is 4.79 Å². The molecule has 0 aliphatic carbocycles. The van der Waals surface area contributed by atoms with Crippen molar-refractivity contribution in [2.75, 3.05) is 5.75 Å². The van der Waals surface area contributed by atoms with Gasteiger partial charge < -0.3 is 15.4 Å². The molecular weight excluding hydrogens is 194 g/mol. The summed E-state index contributed by atoms with van der Waals surface area (Å²) in [6.07, 6.45) is 0. The molecule has 0 bridgehead atoms. The number of rotatable bonds is 3. The van der Waals surface area contributed by atoms with Crippen molar-refractivity contribution in [3.05, 3.63) is 0 Å². The molecule has 0 aromatic heterocycles. The first kappa shape index (κ1) is 13.4. The highest BCUT2D eigenvalue weighted by atomic mass is 32.2. The maximum Gasteiger partial charge on any atom is 0.360 e. The topological polar surface area (TPSA) is 121 Å². The first-order valence-electron chi connectivity index (χ1n) is 2.27. The molecule has 0 aromatic carbocycles. The molecule has 68 valence electrons. The molecule has 0 rings (SSSR count). The van der Waals surface area contributed by atoms with Gasteiger partial charge in [-0.2, -0.15) is 16.8 Å². The van der Waals surface area contributed by atoms with Gasteiger partial charge in [-0.15, -0.1) is 0 Å². The maximum atomic E-state index is 10.4. The van der Waals surface area contributed by atoms with Crippen molar-refractivity contribution in [2.24, 2.45) is 5.73 Å². The lowest BCUT2D eigenvalue weighted by molar-refractivity contribution is -0.134. The molecular formula is C3H9NO5S2. The zero-order chi connectivity index (χ0) is 8.15. The second-order valence-corrected chi connectivity index (χ2v) is 2.37. The molecule has 0 aliphatic heterocycles. The van der Waals surface area contributed by atoms with Crippen LogP contribution in [-0.4, -0.2) is 32.0 Å². The molecule has 6 nitrogen and oxygen atoms in total. The Labute approximate surface area is 71.3 Å². The highest BCUT2D eigenvalue weighted by Gasteiger charge is 2.14. The molecule has 0 saturated carbocycles. The van der Waals surface area contributed by atoms with Crippen LogP contribution in [0.3, 0.4) is 0 Å². The van der Waals surface area contributed by atoms with Gasteiger partial charge in [0.1, 0.15) is 6.04 Å². The summed E-state index contributed by atoms with van der Waals surface area (Å²) < 4.78 is 21.7. The van der Waals surface area contributed by atoms with Gasteiger partial charge in [0.15, 0.2) is 0 Å². The zero-order valence-corrected chi connectivity index (χ0v) is 7.10. The molecule has 0 saturated heterocycles. The summed E-state index contributed by atoms with van der Waals surface area (Å²) in [6.45, 7) is 0. The summed E-state index contributed by atoms with van der Waals surface area (Å²) in [7, 11) is 0. The minimum atomic E-state index is -2.58. The minimum Gasteiger partial charge on any atom is -0.412 e. The molecule has 11 heavy (non-hydrogen) atoms. The zero-order valence-electron chi connectivity index (χ0n) is 5.39. The Bertz CT molecular complexity index is 151. The Morgan fingerprint density at radius 1 is 1.82 bits per heavy atom. The Balaban J connectivity index is 0. The average molecular weight is 203 g/mol. The van der Waals surface area contributed by atoms with E-state index < -0.39 is 23.4 Å². The molecule has 0 amide bonds. The van der Waals surface area contributed by atoms with Crippen molar-refractivity contribution in [2.45, 2.75) is 6.04 Å². The number of carbonyl (C=O) groups excluding carboxylic acids is 1. The number of thiol groups is 1. The van der Waals surface area contributed by atoms with Gasteiger partial charge in [-0.3, -0.25) is 4.55 Å². The summed E-state index contributed by atoms with van der Waals surface area (Å²) in [5.41, 5.74) is 5.07. The van der Waals surface area contributed by atoms with Gasteiger partial charge in [-0.1, -0.05) is 0 Å². The van der Waals surface area contributed by atoms with Crippen molar-refractivity contribution in [3.63, 3.8) is 0 Å². The molecule has 0 aromatic rings. The summed E-state index contributed by atoms with van der Waals surface area (Å²) in [5.74, 6) is -0.855. The summed E-state index contributed by atoms with van der Waals surface area (Å²) >= 11 is 1.09. The van der Waals surface area contributed by atoms with E-state index in [2.05, 4.69) is 16.8 Å². The SMILES string of the molecule is NC(CS)C(=O)OS(=O)O.O. The fourth-order valence-corrected chi connectivity index (χ4v) is 0.620. The third kappa shape index (κ3) is 6.26. The Hall–Kier alpha value is -0.150. The number of hydrogen-bond acceptors (Lipinski definition) is 5. The monoisotopic (exact) mass is 203 g/mol. The van der Waals surface area contributed by atoms with E-state index in [1.54, 1.807) is 0 Å². The van der Waals surface area contributed by atoms with Gasteiger partial charge in [-0.05, 0) is 0 Å². The number of hydrogen-bond donors (Lipinski definition) is 3. The smallest absolute Gasteiger partial charge is 0.360 e. The average Bonchev–Trinajstić information content (AvgIpc) is 1.85. The summed E-state index contributed by atoms with van der Waals surface area (Å²) in [4.78, 5) is 10.4. The Kier molecular flexibility index (Phi) is 8.01. The fraction of sp³-hybridized carbons (Fsp3) is 0.667. The molecule has 8 heteroatoms. The van der Waals surface area contributed by atoms with Crippen molar-refractivity contribution in [1.82, 2.24) is 0 Å². The van der Waals surface area contributed by atoms with Crippen molar-refractivity contribution >= 4 is 30.0 Å². The van der Waals surface area contributed by atoms with Gasteiger partial charge in [0.05, 0.1) is 0 Å².